The molecular weight excluding hydrogens is 398 g/mol. The molecule has 1 amide bonds. The van der Waals surface area contributed by atoms with Gasteiger partial charge in [0.05, 0.1) is 6.04 Å². The van der Waals surface area contributed by atoms with Crippen LogP contribution in [0.3, 0.4) is 0 Å². The minimum absolute atomic E-state index is 0.0887. The van der Waals surface area contributed by atoms with E-state index in [0.29, 0.717) is 0 Å². The highest BCUT2D eigenvalue weighted by Gasteiger charge is 2.30. The minimum atomic E-state index is 0.0887. The zero-order valence-electron chi connectivity index (χ0n) is 16.7. The van der Waals surface area contributed by atoms with Crippen molar-refractivity contribution in [2.75, 3.05) is 26.7 Å². The number of carbonyl (C=O) groups excluding carboxylic acids is 1. The summed E-state index contributed by atoms with van der Waals surface area (Å²) >= 11 is 3.42. The second-order valence-corrected chi connectivity index (χ2v) is 9.51. The maximum absolute atomic E-state index is 13.3. The van der Waals surface area contributed by atoms with E-state index in [2.05, 4.69) is 46.6 Å². The van der Waals surface area contributed by atoms with Crippen molar-refractivity contribution < 1.29 is 4.79 Å². The lowest BCUT2D eigenvalue weighted by Gasteiger charge is -2.40. The number of likely N-dealkylation sites (N-methyl/N-ethyl adjacent to an activating group) is 1. The van der Waals surface area contributed by atoms with Gasteiger partial charge in [0.2, 0.25) is 0 Å². The van der Waals surface area contributed by atoms with Gasteiger partial charge in [0.15, 0.2) is 0 Å². The summed E-state index contributed by atoms with van der Waals surface area (Å²) in [7, 11) is 2.12. The first-order valence-electron chi connectivity index (χ1n) is 9.78. The van der Waals surface area contributed by atoms with Crippen molar-refractivity contribution in [1.29, 1.82) is 0 Å². The lowest BCUT2D eigenvalue weighted by Crippen LogP contribution is -2.49. The number of aromatic nitrogens is 1. The van der Waals surface area contributed by atoms with Gasteiger partial charge in [0.25, 0.3) is 5.91 Å². The van der Waals surface area contributed by atoms with E-state index in [1.807, 2.05) is 42.2 Å². The van der Waals surface area contributed by atoms with Crippen molar-refractivity contribution in [3.8, 4) is 0 Å². The summed E-state index contributed by atoms with van der Waals surface area (Å²) < 4.78 is 1.09. The molecule has 1 saturated heterocycles. The van der Waals surface area contributed by atoms with Gasteiger partial charge >= 0.3 is 0 Å². The highest BCUT2D eigenvalue weighted by molar-refractivity contribution is 8.00. The van der Waals surface area contributed by atoms with Crippen LogP contribution in [-0.4, -0.2) is 47.4 Å². The van der Waals surface area contributed by atoms with Crippen LogP contribution in [0.2, 0.25) is 0 Å². The lowest BCUT2D eigenvalue weighted by molar-refractivity contribution is 0.0498. The first-order chi connectivity index (χ1) is 14.1. The predicted molar refractivity (Wildman–Crippen MR) is 121 cm³/mol. The smallest absolute Gasteiger partial charge is 0.254 e. The van der Waals surface area contributed by atoms with Crippen molar-refractivity contribution >= 4 is 29.0 Å². The van der Waals surface area contributed by atoms with E-state index in [1.165, 1.54) is 11.1 Å². The Morgan fingerprint density at radius 1 is 1.14 bits per heavy atom. The molecule has 6 heteroatoms. The van der Waals surface area contributed by atoms with Crippen molar-refractivity contribution in [2.24, 2.45) is 0 Å². The van der Waals surface area contributed by atoms with Crippen LogP contribution in [0.1, 0.15) is 33.2 Å². The number of piperazine rings is 1. The maximum atomic E-state index is 13.3. The van der Waals surface area contributed by atoms with Gasteiger partial charge in [-0.15, -0.1) is 11.3 Å². The van der Waals surface area contributed by atoms with Crippen LogP contribution in [-0.2, 0) is 5.75 Å². The van der Waals surface area contributed by atoms with Crippen LogP contribution >= 0.6 is 23.1 Å². The molecule has 4 rings (SSSR count). The van der Waals surface area contributed by atoms with Gasteiger partial charge in [0, 0.05) is 42.0 Å². The van der Waals surface area contributed by atoms with Gasteiger partial charge in [0.1, 0.15) is 4.34 Å². The van der Waals surface area contributed by atoms with E-state index in [9.17, 15) is 4.79 Å². The Labute approximate surface area is 180 Å². The predicted octanol–water partition coefficient (Wildman–Crippen LogP) is 4.87. The normalized spacial score (nSPS) is 17.4. The molecule has 0 radical (unpaired) electrons. The molecule has 0 saturated carbocycles. The number of aryl methyl sites for hydroxylation is 1. The van der Waals surface area contributed by atoms with E-state index < -0.39 is 0 Å². The molecule has 1 aromatic heterocycles. The zero-order chi connectivity index (χ0) is 20.2. The fourth-order valence-corrected chi connectivity index (χ4v) is 5.38. The number of carbonyl (C=O) groups is 1. The van der Waals surface area contributed by atoms with Crippen LogP contribution in [0.25, 0.3) is 0 Å². The Morgan fingerprint density at radius 3 is 2.59 bits per heavy atom. The van der Waals surface area contributed by atoms with Crippen LogP contribution in [0, 0.1) is 6.92 Å². The van der Waals surface area contributed by atoms with Gasteiger partial charge in [-0.05, 0) is 37.2 Å². The van der Waals surface area contributed by atoms with E-state index >= 15 is 0 Å². The van der Waals surface area contributed by atoms with E-state index in [4.69, 9.17) is 0 Å². The monoisotopic (exact) mass is 423 g/mol. The second kappa shape index (κ2) is 9.11. The van der Waals surface area contributed by atoms with Crippen molar-refractivity contribution in [2.45, 2.75) is 23.1 Å². The molecule has 0 spiro atoms. The molecular formula is C23H25N3OS2. The summed E-state index contributed by atoms with van der Waals surface area (Å²) in [5.74, 6) is 0.976. The number of thiazole rings is 1. The molecule has 0 unspecified atom stereocenters. The summed E-state index contributed by atoms with van der Waals surface area (Å²) in [6.45, 7) is 4.52. The number of benzene rings is 2. The molecule has 0 aliphatic carbocycles. The molecule has 3 aromatic rings. The molecule has 150 valence electrons. The van der Waals surface area contributed by atoms with E-state index in [-0.39, 0.29) is 11.9 Å². The standard InChI is InChI=1S/C23H25N3OS2/c1-17-15-28-23(24-17)29-16-18-8-10-20(11-9-18)22(27)26-13-12-25(2)14-21(26)19-6-4-3-5-7-19/h3-11,15,21H,12-14,16H2,1-2H3/t21-/m0/s1. The third-order valence-corrected chi connectivity index (χ3v) is 7.40. The Hall–Kier alpha value is -2.15. The van der Waals surface area contributed by atoms with Crippen LogP contribution < -0.4 is 0 Å². The highest BCUT2D eigenvalue weighted by atomic mass is 32.2. The highest BCUT2D eigenvalue weighted by Crippen LogP contribution is 2.28. The SMILES string of the molecule is Cc1csc(SCc2ccc(C(=O)N3CCN(C)C[C@H]3c3ccccc3)cc2)n1. The number of rotatable bonds is 5. The lowest BCUT2D eigenvalue weighted by atomic mass is 10.0. The topological polar surface area (TPSA) is 36.4 Å². The first kappa shape index (κ1) is 20.1. The third-order valence-electron chi connectivity index (χ3n) is 5.19. The molecule has 1 aliphatic heterocycles. The zero-order valence-corrected chi connectivity index (χ0v) is 18.4. The fraction of sp³-hybridized carbons (Fsp3) is 0.304. The molecule has 29 heavy (non-hydrogen) atoms. The van der Waals surface area contributed by atoms with Gasteiger partial charge in [-0.3, -0.25) is 4.79 Å². The summed E-state index contributed by atoms with van der Waals surface area (Å²) in [5.41, 5.74) is 4.23. The molecule has 1 aliphatic rings. The Morgan fingerprint density at radius 2 is 1.90 bits per heavy atom. The maximum Gasteiger partial charge on any atom is 0.254 e. The molecule has 0 bridgehead atoms. The Balaban J connectivity index is 1.46. The Bertz CT molecular complexity index is 956. The number of nitrogens with zero attached hydrogens (tertiary/aromatic N) is 3. The third kappa shape index (κ3) is 4.89. The number of hydrogen-bond acceptors (Lipinski definition) is 5. The van der Waals surface area contributed by atoms with Crippen molar-refractivity contribution in [3.05, 3.63) is 82.4 Å². The van der Waals surface area contributed by atoms with Crippen LogP contribution in [0.15, 0.2) is 64.3 Å². The molecule has 0 N–H and O–H groups in total. The summed E-state index contributed by atoms with van der Waals surface area (Å²) in [6.07, 6.45) is 0. The summed E-state index contributed by atoms with van der Waals surface area (Å²) in [6, 6.07) is 18.5. The Kier molecular flexibility index (Phi) is 6.33. The summed E-state index contributed by atoms with van der Waals surface area (Å²) in [5, 5.41) is 2.07. The molecule has 1 fully saturated rings. The summed E-state index contributed by atoms with van der Waals surface area (Å²) in [4.78, 5) is 22.1. The van der Waals surface area contributed by atoms with Gasteiger partial charge < -0.3 is 9.80 Å². The van der Waals surface area contributed by atoms with Gasteiger partial charge in [-0.1, -0.05) is 54.2 Å². The van der Waals surface area contributed by atoms with Crippen LogP contribution in [0.4, 0.5) is 0 Å². The molecule has 2 heterocycles. The fourth-order valence-electron chi connectivity index (χ4n) is 3.58. The molecule has 2 aromatic carbocycles. The number of thioether (sulfide) groups is 1. The number of hydrogen-bond donors (Lipinski definition) is 0. The average molecular weight is 424 g/mol. The minimum Gasteiger partial charge on any atom is -0.329 e. The second-order valence-electron chi connectivity index (χ2n) is 7.43. The first-order valence-corrected chi connectivity index (χ1v) is 11.6. The molecule has 4 nitrogen and oxygen atoms in total. The average Bonchev–Trinajstić information content (AvgIpc) is 3.18. The van der Waals surface area contributed by atoms with Crippen molar-refractivity contribution in [3.63, 3.8) is 0 Å². The van der Waals surface area contributed by atoms with E-state index in [1.54, 1.807) is 23.1 Å². The van der Waals surface area contributed by atoms with Gasteiger partial charge in [-0.25, -0.2) is 4.98 Å². The largest absolute Gasteiger partial charge is 0.329 e. The van der Waals surface area contributed by atoms with Gasteiger partial charge in [-0.2, -0.15) is 0 Å². The molecule has 1 atom stereocenters. The number of amides is 1. The quantitative estimate of drug-likeness (QED) is 0.549. The van der Waals surface area contributed by atoms with E-state index in [0.717, 1.165) is 41.0 Å². The van der Waals surface area contributed by atoms with Crippen molar-refractivity contribution in [1.82, 2.24) is 14.8 Å². The van der Waals surface area contributed by atoms with Crippen LogP contribution in [0.5, 0.6) is 0 Å².